The number of hydrogen-bond acceptors (Lipinski definition) is 3. The smallest absolute Gasteiger partial charge is 0.306 e. The summed E-state index contributed by atoms with van der Waals surface area (Å²) in [4.78, 5) is 11.7. The van der Waals surface area contributed by atoms with Gasteiger partial charge in [-0.1, -0.05) is 46.0 Å². The molecule has 1 unspecified atom stereocenters. The van der Waals surface area contributed by atoms with Gasteiger partial charge in [-0.25, -0.2) is 0 Å². The third-order valence-corrected chi connectivity index (χ3v) is 3.69. The molecule has 0 aromatic heterocycles. The van der Waals surface area contributed by atoms with Gasteiger partial charge in [0.05, 0.1) is 0 Å². The first-order chi connectivity index (χ1) is 9.74. The number of ether oxygens (including phenoxy) is 1. The lowest BCUT2D eigenvalue weighted by molar-refractivity contribution is -0.149. The molecule has 0 aliphatic carbocycles. The Morgan fingerprint density at radius 1 is 1.00 bits per heavy atom. The van der Waals surface area contributed by atoms with Gasteiger partial charge in [0.15, 0.2) is 0 Å². The Morgan fingerprint density at radius 3 is 2.35 bits per heavy atom. The summed E-state index contributed by atoms with van der Waals surface area (Å²) in [6.45, 7) is 5.40. The Kier molecular flexibility index (Phi) is 14.4. The van der Waals surface area contributed by atoms with E-state index in [1.165, 1.54) is 38.5 Å². The molecule has 0 radical (unpaired) electrons. The van der Waals surface area contributed by atoms with Crippen LogP contribution in [0.3, 0.4) is 0 Å². The van der Waals surface area contributed by atoms with Gasteiger partial charge in [-0.3, -0.25) is 4.79 Å². The Morgan fingerprint density at radius 2 is 1.70 bits per heavy atom. The molecule has 0 saturated carbocycles. The van der Waals surface area contributed by atoms with E-state index in [1.54, 1.807) is 0 Å². The van der Waals surface area contributed by atoms with Gasteiger partial charge in [0, 0.05) is 6.42 Å². The molecule has 0 fully saturated rings. The molecule has 0 rings (SSSR count). The summed E-state index contributed by atoms with van der Waals surface area (Å²) in [5, 5.41) is 3.15. The fourth-order valence-corrected chi connectivity index (χ4v) is 2.31. The maximum Gasteiger partial charge on any atom is 0.306 e. The van der Waals surface area contributed by atoms with E-state index in [1.807, 2.05) is 7.05 Å². The summed E-state index contributed by atoms with van der Waals surface area (Å²) in [6, 6.07) is 0. The largest absolute Gasteiger partial charge is 0.462 e. The van der Waals surface area contributed by atoms with Crippen LogP contribution in [0.4, 0.5) is 0 Å². The van der Waals surface area contributed by atoms with Gasteiger partial charge in [-0.15, -0.1) is 0 Å². The van der Waals surface area contributed by atoms with Crippen molar-refractivity contribution in [2.45, 2.75) is 90.6 Å². The summed E-state index contributed by atoms with van der Waals surface area (Å²) in [5.41, 5.74) is 0. The minimum Gasteiger partial charge on any atom is -0.462 e. The molecule has 0 aromatic rings. The van der Waals surface area contributed by atoms with Crippen molar-refractivity contribution in [2.75, 3.05) is 13.6 Å². The monoisotopic (exact) mass is 285 g/mol. The van der Waals surface area contributed by atoms with Crippen LogP contribution in [0.5, 0.6) is 0 Å². The van der Waals surface area contributed by atoms with Crippen molar-refractivity contribution in [3.05, 3.63) is 0 Å². The lowest BCUT2D eigenvalue weighted by Gasteiger charge is -2.16. The highest BCUT2D eigenvalue weighted by atomic mass is 16.5. The molecule has 120 valence electrons. The van der Waals surface area contributed by atoms with Crippen molar-refractivity contribution in [2.24, 2.45) is 0 Å². The molecule has 0 heterocycles. The van der Waals surface area contributed by atoms with E-state index in [9.17, 15) is 4.79 Å². The molecule has 3 nitrogen and oxygen atoms in total. The topological polar surface area (TPSA) is 38.3 Å². The van der Waals surface area contributed by atoms with Gasteiger partial charge in [-0.2, -0.15) is 0 Å². The van der Waals surface area contributed by atoms with E-state index in [2.05, 4.69) is 19.2 Å². The molecule has 0 bridgehead atoms. The van der Waals surface area contributed by atoms with Crippen LogP contribution in [0.2, 0.25) is 0 Å². The van der Waals surface area contributed by atoms with Gasteiger partial charge in [-0.05, 0) is 45.7 Å². The molecular formula is C17H35NO2. The van der Waals surface area contributed by atoms with Crippen LogP contribution in [0.15, 0.2) is 0 Å². The average Bonchev–Trinajstić information content (AvgIpc) is 2.45. The van der Waals surface area contributed by atoms with Gasteiger partial charge in [0.1, 0.15) is 6.10 Å². The van der Waals surface area contributed by atoms with Gasteiger partial charge >= 0.3 is 5.97 Å². The van der Waals surface area contributed by atoms with Gasteiger partial charge in [0.25, 0.3) is 0 Å². The van der Waals surface area contributed by atoms with E-state index in [0.29, 0.717) is 6.42 Å². The Bertz CT molecular complexity index is 219. The Labute approximate surface area is 125 Å². The maximum atomic E-state index is 11.7. The first-order valence-electron chi connectivity index (χ1n) is 8.58. The second kappa shape index (κ2) is 14.8. The van der Waals surface area contributed by atoms with Crippen molar-refractivity contribution < 1.29 is 9.53 Å². The SMILES string of the molecule is CCCCCC(CC)OC(=O)CCCCCCCNC. The molecule has 0 saturated heterocycles. The maximum absolute atomic E-state index is 11.7. The molecule has 0 aromatic carbocycles. The lowest BCUT2D eigenvalue weighted by atomic mass is 10.1. The molecule has 1 atom stereocenters. The molecule has 20 heavy (non-hydrogen) atoms. The molecular weight excluding hydrogens is 250 g/mol. The highest BCUT2D eigenvalue weighted by Gasteiger charge is 2.11. The van der Waals surface area contributed by atoms with Crippen LogP contribution in [-0.4, -0.2) is 25.7 Å². The number of nitrogens with one attached hydrogen (secondary N) is 1. The Balaban J connectivity index is 3.50. The third-order valence-electron chi connectivity index (χ3n) is 3.69. The van der Waals surface area contributed by atoms with Gasteiger partial charge < -0.3 is 10.1 Å². The quantitative estimate of drug-likeness (QED) is 0.378. The van der Waals surface area contributed by atoms with Crippen LogP contribution in [-0.2, 0) is 9.53 Å². The number of rotatable bonds is 14. The molecule has 0 aliphatic rings. The van der Waals surface area contributed by atoms with Crippen molar-refractivity contribution in [1.29, 1.82) is 0 Å². The normalized spacial score (nSPS) is 12.3. The number of carbonyl (C=O) groups is 1. The standard InChI is InChI=1S/C17H35NO2/c1-4-6-10-13-16(5-2)20-17(19)14-11-8-7-9-12-15-18-3/h16,18H,4-15H2,1-3H3. The molecule has 1 N–H and O–H groups in total. The van der Waals surface area contributed by atoms with E-state index < -0.39 is 0 Å². The van der Waals surface area contributed by atoms with Crippen LogP contribution in [0.25, 0.3) is 0 Å². The fourth-order valence-electron chi connectivity index (χ4n) is 2.31. The third kappa shape index (κ3) is 12.5. The minimum absolute atomic E-state index is 0.00331. The average molecular weight is 285 g/mol. The Hall–Kier alpha value is -0.570. The summed E-state index contributed by atoms with van der Waals surface area (Å²) < 4.78 is 5.54. The van der Waals surface area contributed by atoms with E-state index in [0.717, 1.165) is 32.2 Å². The first-order valence-corrected chi connectivity index (χ1v) is 8.58. The van der Waals surface area contributed by atoms with E-state index in [4.69, 9.17) is 4.74 Å². The van der Waals surface area contributed by atoms with Gasteiger partial charge in [0.2, 0.25) is 0 Å². The molecule has 0 amide bonds. The van der Waals surface area contributed by atoms with Crippen LogP contribution >= 0.6 is 0 Å². The number of hydrogen-bond donors (Lipinski definition) is 1. The van der Waals surface area contributed by atoms with Crippen molar-refractivity contribution >= 4 is 5.97 Å². The second-order valence-electron chi connectivity index (χ2n) is 5.64. The lowest BCUT2D eigenvalue weighted by Crippen LogP contribution is -2.17. The van der Waals surface area contributed by atoms with Crippen molar-refractivity contribution in [3.8, 4) is 0 Å². The molecule has 0 spiro atoms. The number of esters is 1. The predicted octanol–water partition coefficient (Wildman–Crippen LogP) is 4.45. The van der Waals surface area contributed by atoms with Crippen molar-refractivity contribution in [1.82, 2.24) is 5.32 Å². The summed E-state index contributed by atoms with van der Waals surface area (Å²) >= 11 is 0. The van der Waals surface area contributed by atoms with Crippen molar-refractivity contribution in [3.63, 3.8) is 0 Å². The predicted molar refractivity (Wildman–Crippen MR) is 85.9 cm³/mol. The van der Waals surface area contributed by atoms with Crippen LogP contribution in [0.1, 0.15) is 84.5 Å². The van der Waals surface area contributed by atoms with Crippen LogP contribution < -0.4 is 5.32 Å². The summed E-state index contributed by atoms with van der Waals surface area (Å²) in [5.74, 6) is 0.00331. The number of carbonyl (C=O) groups excluding carboxylic acids is 1. The molecule has 3 heteroatoms. The minimum atomic E-state index is 0.00331. The van der Waals surface area contributed by atoms with E-state index in [-0.39, 0.29) is 12.1 Å². The van der Waals surface area contributed by atoms with E-state index >= 15 is 0 Å². The summed E-state index contributed by atoms with van der Waals surface area (Å²) in [7, 11) is 1.99. The zero-order chi connectivity index (χ0) is 15.1. The zero-order valence-electron chi connectivity index (χ0n) is 13.9. The molecule has 0 aliphatic heterocycles. The first kappa shape index (κ1) is 19.4. The van der Waals surface area contributed by atoms with Crippen LogP contribution in [0, 0.1) is 0 Å². The highest BCUT2D eigenvalue weighted by molar-refractivity contribution is 5.69. The number of unbranched alkanes of at least 4 members (excludes halogenated alkanes) is 6. The second-order valence-corrected chi connectivity index (χ2v) is 5.64. The summed E-state index contributed by atoms with van der Waals surface area (Å²) in [6.07, 6.45) is 12.2. The highest BCUT2D eigenvalue weighted by Crippen LogP contribution is 2.12. The fraction of sp³-hybridized carbons (Fsp3) is 0.941. The zero-order valence-corrected chi connectivity index (χ0v) is 13.9.